The van der Waals surface area contributed by atoms with E-state index in [-0.39, 0.29) is 28.7 Å². The van der Waals surface area contributed by atoms with Crippen LogP contribution in [-0.2, 0) is 19.5 Å². The minimum atomic E-state index is -3.80. The van der Waals surface area contributed by atoms with Crippen LogP contribution in [0.2, 0.25) is 0 Å². The molecular weight excluding hydrogens is 414 g/mol. The molecule has 7 nitrogen and oxygen atoms in total. The molecule has 3 aromatic rings. The smallest absolute Gasteiger partial charge is 0.340 e. The first-order chi connectivity index (χ1) is 14.0. The highest BCUT2D eigenvalue weighted by atomic mass is 32.2. The monoisotopic (exact) mass is 431 g/mol. The number of nitrogens with one attached hydrogen (secondary N) is 1. The van der Waals surface area contributed by atoms with Crippen molar-refractivity contribution in [3.8, 4) is 0 Å². The molecule has 0 unspecified atom stereocenters. The minimum absolute atomic E-state index is 0.0574. The number of ether oxygens (including phenoxy) is 2. The SMILES string of the molecule is O=C(OCCOC(=O)c1ccccc1NS(=O)(=O)c1cccs1)c1ccccc1. The molecule has 0 aliphatic heterocycles. The van der Waals surface area contributed by atoms with Crippen LogP contribution in [0.3, 0.4) is 0 Å². The largest absolute Gasteiger partial charge is 0.458 e. The zero-order valence-corrected chi connectivity index (χ0v) is 16.7. The van der Waals surface area contributed by atoms with Crippen LogP contribution in [0.5, 0.6) is 0 Å². The van der Waals surface area contributed by atoms with Crippen molar-refractivity contribution in [3.63, 3.8) is 0 Å². The first kappa shape index (κ1) is 20.6. The molecule has 1 aromatic heterocycles. The lowest BCUT2D eigenvalue weighted by Gasteiger charge is -2.11. The van der Waals surface area contributed by atoms with Gasteiger partial charge in [-0.1, -0.05) is 36.4 Å². The molecule has 0 amide bonds. The molecule has 2 aromatic carbocycles. The Balaban J connectivity index is 1.58. The van der Waals surface area contributed by atoms with Gasteiger partial charge in [-0.2, -0.15) is 0 Å². The standard InChI is InChI=1S/C20H17NO6S2/c22-19(15-7-2-1-3-8-15)26-12-13-27-20(23)16-9-4-5-10-17(16)21-29(24,25)18-11-6-14-28-18/h1-11,14,21H,12-13H2. The lowest BCUT2D eigenvalue weighted by atomic mass is 10.2. The van der Waals surface area contributed by atoms with E-state index in [2.05, 4.69) is 4.72 Å². The predicted octanol–water partition coefficient (Wildman–Crippen LogP) is 3.56. The second kappa shape index (κ2) is 9.35. The van der Waals surface area contributed by atoms with E-state index in [1.54, 1.807) is 53.9 Å². The fourth-order valence-electron chi connectivity index (χ4n) is 2.37. The summed E-state index contributed by atoms with van der Waals surface area (Å²) in [6, 6.07) is 17.6. The van der Waals surface area contributed by atoms with Gasteiger partial charge in [-0.15, -0.1) is 11.3 Å². The molecule has 9 heteroatoms. The van der Waals surface area contributed by atoms with Gasteiger partial charge in [-0.3, -0.25) is 4.72 Å². The third-order valence-electron chi connectivity index (χ3n) is 3.71. The van der Waals surface area contributed by atoms with Crippen molar-refractivity contribution in [3.05, 3.63) is 83.2 Å². The van der Waals surface area contributed by atoms with E-state index in [0.29, 0.717) is 5.56 Å². The van der Waals surface area contributed by atoms with Gasteiger partial charge in [0.15, 0.2) is 0 Å². The summed E-state index contributed by atoms with van der Waals surface area (Å²) in [5, 5.41) is 1.64. The second-order valence-corrected chi connectivity index (χ2v) is 8.58. The number of carbonyl (C=O) groups excluding carboxylic acids is 2. The molecule has 0 aliphatic rings. The molecule has 0 aliphatic carbocycles. The number of sulfonamides is 1. The normalized spacial score (nSPS) is 10.9. The number of hydrogen-bond acceptors (Lipinski definition) is 7. The average molecular weight is 431 g/mol. The molecule has 0 fully saturated rings. The van der Waals surface area contributed by atoms with Crippen molar-refractivity contribution in [2.45, 2.75) is 4.21 Å². The molecule has 150 valence electrons. The fraction of sp³-hybridized carbons (Fsp3) is 0.100. The van der Waals surface area contributed by atoms with Crippen molar-refractivity contribution in [1.82, 2.24) is 0 Å². The summed E-state index contributed by atoms with van der Waals surface area (Å²) >= 11 is 1.07. The predicted molar refractivity (Wildman–Crippen MR) is 109 cm³/mol. The Morgan fingerprint density at radius 2 is 1.48 bits per heavy atom. The summed E-state index contributed by atoms with van der Waals surface area (Å²) in [5.74, 6) is -1.25. The first-order valence-corrected chi connectivity index (χ1v) is 10.9. The summed E-state index contributed by atoms with van der Waals surface area (Å²) in [5.41, 5.74) is 0.557. The van der Waals surface area contributed by atoms with Crippen LogP contribution in [0.1, 0.15) is 20.7 Å². The fourth-order valence-corrected chi connectivity index (χ4v) is 4.44. The van der Waals surface area contributed by atoms with E-state index in [1.165, 1.54) is 18.2 Å². The van der Waals surface area contributed by atoms with Crippen LogP contribution < -0.4 is 4.72 Å². The number of thiophene rings is 1. The third kappa shape index (κ3) is 5.43. The molecule has 0 radical (unpaired) electrons. The summed E-state index contributed by atoms with van der Waals surface area (Å²) in [4.78, 5) is 24.2. The second-order valence-electron chi connectivity index (χ2n) is 5.72. The van der Waals surface area contributed by atoms with Crippen LogP contribution in [0, 0.1) is 0 Å². The van der Waals surface area contributed by atoms with Crippen molar-refractivity contribution in [2.75, 3.05) is 17.9 Å². The van der Waals surface area contributed by atoms with Gasteiger partial charge in [0.2, 0.25) is 0 Å². The molecule has 1 N–H and O–H groups in total. The van der Waals surface area contributed by atoms with Gasteiger partial charge >= 0.3 is 11.9 Å². The Morgan fingerprint density at radius 3 is 2.17 bits per heavy atom. The van der Waals surface area contributed by atoms with E-state index in [4.69, 9.17) is 9.47 Å². The van der Waals surface area contributed by atoms with E-state index >= 15 is 0 Å². The van der Waals surface area contributed by atoms with Crippen LogP contribution in [0.4, 0.5) is 5.69 Å². The molecule has 0 saturated heterocycles. The molecule has 0 saturated carbocycles. The Hall–Kier alpha value is -3.17. The topological polar surface area (TPSA) is 98.8 Å². The molecule has 0 bridgehead atoms. The molecule has 0 spiro atoms. The van der Waals surface area contributed by atoms with Gasteiger partial charge in [0.1, 0.15) is 17.4 Å². The molecular formula is C20H17NO6S2. The van der Waals surface area contributed by atoms with Gasteiger partial charge in [-0.25, -0.2) is 18.0 Å². The Bertz CT molecular complexity index is 1080. The maximum absolute atomic E-state index is 12.4. The van der Waals surface area contributed by atoms with E-state index in [0.717, 1.165) is 11.3 Å². The summed E-state index contributed by atoms with van der Waals surface area (Å²) < 4.78 is 37.5. The number of benzene rings is 2. The van der Waals surface area contributed by atoms with Gasteiger partial charge in [-0.05, 0) is 35.7 Å². The van der Waals surface area contributed by atoms with Gasteiger partial charge in [0.05, 0.1) is 16.8 Å². The third-order valence-corrected chi connectivity index (χ3v) is 6.47. The highest BCUT2D eigenvalue weighted by Crippen LogP contribution is 2.23. The zero-order chi connectivity index (χ0) is 20.7. The van der Waals surface area contributed by atoms with E-state index in [1.807, 2.05) is 0 Å². The van der Waals surface area contributed by atoms with Gasteiger partial charge < -0.3 is 9.47 Å². The van der Waals surface area contributed by atoms with E-state index in [9.17, 15) is 18.0 Å². The van der Waals surface area contributed by atoms with Crippen molar-refractivity contribution in [2.24, 2.45) is 0 Å². The molecule has 1 heterocycles. The number of anilines is 1. The highest BCUT2D eigenvalue weighted by molar-refractivity contribution is 7.94. The van der Waals surface area contributed by atoms with Gasteiger partial charge in [0.25, 0.3) is 10.0 Å². The quantitative estimate of drug-likeness (QED) is 0.433. The Morgan fingerprint density at radius 1 is 0.828 bits per heavy atom. The molecule has 3 rings (SSSR count). The number of carbonyl (C=O) groups is 2. The number of esters is 2. The first-order valence-electron chi connectivity index (χ1n) is 8.52. The highest BCUT2D eigenvalue weighted by Gasteiger charge is 2.20. The zero-order valence-electron chi connectivity index (χ0n) is 15.1. The number of para-hydroxylation sites is 1. The molecule has 0 atom stereocenters. The summed E-state index contributed by atoms with van der Waals surface area (Å²) in [6.07, 6.45) is 0. The van der Waals surface area contributed by atoms with Crippen molar-refractivity contribution < 1.29 is 27.5 Å². The van der Waals surface area contributed by atoms with Crippen LogP contribution in [0.25, 0.3) is 0 Å². The number of rotatable bonds is 8. The van der Waals surface area contributed by atoms with Crippen LogP contribution in [-0.4, -0.2) is 33.6 Å². The Kier molecular flexibility index (Phi) is 6.63. The van der Waals surface area contributed by atoms with E-state index < -0.39 is 22.0 Å². The number of hydrogen-bond donors (Lipinski definition) is 1. The Labute approximate surface area is 172 Å². The van der Waals surface area contributed by atoms with Crippen molar-refractivity contribution in [1.29, 1.82) is 0 Å². The maximum atomic E-state index is 12.4. The lowest BCUT2D eigenvalue weighted by molar-refractivity contribution is 0.0266. The maximum Gasteiger partial charge on any atom is 0.340 e. The van der Waals surface area contributed by atoms with Crippen LogP contribution >= 0.6 is 11.3 Å². The summed E-state index contributed by atoms with van der Waals surface area (Å²) in [7, 11) is -3.80. The van der Waals surface area contributed by atoms with Crippen LogP contribution in [0.15, 0.2) is 76.3 Å². The average Bonchev–Trinajstić information content (AvgIpc) is 3.28. The minimum Gasteiger partial charge on any atom is -0.458 e. The molecule has 29 heavy (non-hydrogen) atoms. The van der Waals surface area contributed by atoms with Crippen molar-refractivity contribution >= 4 is 39.0 Å². The summed E-state index contributed by atoms with van der Waals surface area (Å²) in [6.45, 7) is -0.286. The van der Waals surface area contributed by atoms with Gasteiger partial charge in [0, 0.05) is 0 Å². The lowest BCUT2D eigenvalue weighted by Crippen LogP contribution is -2.17.